The largest absolute Gasteiger partial charge is 0.456 e. The normalized spacial score (nSPS) is 14.7. The molecule has 0 fully saturated rings. The maximum atomic E-state index is 6.35. The first-order valence-electron chi connectivity index (χ1n) is 17.4. The molecule has 0 spiro atoms. The number of nitrogens with zero attached hydrogens (tertiary/aromatic N) is 3. The van der Waals surface area contributed by atoms with Crippen LogP contribution in [0.5, 0.6) is 0 Å². The van der Waals surface area contributed by atoms with Crippen molar-refractivity contribution in [1.82, 2.24) is 10.3 Å². The molecule has 0 amide bonds. The van der Waals surface area contributed by atoms with Crippen molar-refractivity contribution in [2.75, 3.05) is 0 Å². The van der Waals surface area contributed by atoms with E-state index in [0.29, 0.717) is 11.5 Å². The quantitative estimate of drug-likeness (QED) is 0.202. The van der Waals surface area contributed by atoms with Gasteiger partial charge in [0.25, 0.3) is 0 Å². The van der Waals surface area contributed by atoms with Gasteiger partial charge in [-0.2, -0.15) is 0 Å². The van der Waals surface area contributed by atoms with E-state index in [-0.39, 0.29) is 0 Å². The van der Waals surface area contributed by atoms with Gasteiger partial charge in [-0.25, -0.2) is 15.0 Å². The second-order valence-corrected chi connectivity index (χ2v) is 13.2. The molecule has 1 aliphatic heterocycles. The Morgan fingerprint density at radius 1 is 0.500 bits per heavy atom. The van der Waals surface area contributed by atoms with E-state index in [9.17, 15) is 0 Å². The molecule has 3 aromatic heterocycles. The highest BCUT2D eigenvalue weighted by Gasteiger charge is 2.26. The van der Waals surface area contributed by atoms with Crippen LogP contribution < -0.4 is 5.32 Å². The Balaban J connectivity index is 1.10. The third-order valence-corrected chi connectivity index (χ3v) is 10.2. The van der Waals surface area contributed by atoms with Gasteiger partial charge in [0, 0.05) is 43.6 Å². The fourth-order valence-electron chi connectivity index (χ4n) is 7.82. The van der Waals surface area contributed by atoms with Crippen LogP contribution in [0.15, 0.2) is 177 Å². The summed E-state index contributed by atoms with van der Waals surface area (Å²) in [5.74, 6) is 1.43. The monoisotopic (exact) mass is 668 g/mol. The van der Waals surface area contributed by atoms with Crippen LogP contribution in [0.4, 0.5) is 0 Å². The summed E-state index contributed by atoms with van der Waals surface area (Å²) in [6.45, 7) is 0. The van der Waals surface area contributed by atoms with Gasteiger partial charge in [-0.05, 0) is 52.2 Å². The summed E-state index contributed by atoms with van der Waals surface area (Å²) in [5.41, 5.74) is 9.25. The van der Waals surface area contributed by atoms with Crippen molar-refractivity contribution in [3.63, 3.8) is 0 Å². The molecule has 10 aromatic rings. The van der Waals surface area contributed by atoms with Crippen molar-refractivity contribution in [2.24, 2.45) is 9.98 Å². The van der Waals surface area contributed by atoms with Gasteiger partial charge in [-0.15, -0.1) is 0 Å². The average Bonchev–Trinajstić information content (AvgIpc) is 3.77. The smallest absolute Gasteiger partial charge is 0.227 e. The standard InChI is InChI=1S/C46H28N4O2/c1-2-12-27(13-3-1)43-48-44(50-45(49-43)35-21-11-24-39-42(35)34-15-5-7-23-38(34)51-39)33-20-9-16-29-30(17-8-18-31(29)33)32-19-10-25-40-41(32)36-26-28-14-4-6-22-37(28)47-46(36)52-40/h1-26,45H,(H,48,49,50). The maximum absolute atomic E-state index is 6.35. The SMILES string of the molecule is c1ccc(C2=NC(c3cccc4oc5ccccc5c34)NC(c3cccc4c(-c5cccc6oc7nc8ccccc8cc7c56)cccc34)=N2)cc1. The van der Waals surface area contributed by atoms with E-state index in [0.717, 1.165) is 93.6 Å². The lowest BCUT2D eigenvalue weighted by molar-refractivity contribution is 0.656. The highest BCUT2D eigenvalue weighted by Crippen LogP contribution is 2.41. The van der Waals surface area contributed by atoms with Gasteiger partial charge in [0.2, 0.25) is 5.71 Å². The Labute approximate surface area is 297 Å². The summed E-state index contributed by atoms with van der Waals surface area (Å²) in [7, 11) is 0. The Kier molecular flexibility index (Phi) is 6.21. The zero-order valence-electron chi connectivity index (χ0n) is 27.7. The lowest BCUT2D eigenvalue weighted by atomic mass is 9.92. The summed E-state index contributed by atoms with van der Waals surface area (Å²) in [5, 5.41) is 11.2. The fraction of sp³-hybridized carbons (Fsp3) is 0.0217. The fourth-order valence-corrected chi connectivity index (χ4v) is 7.82. The van der Waals surface area contributed by atoms with E-state index in [1.54, 1.807) is 0 Å². The maximum Gasteiger partial charge on any atom is 0.227 e. The Morgan fingerprint density at radius 2 is 1.17 bits per heavy atom. The number of furan rings is 2. The number of amidine groups is 2. The molecular formula is C46H28N4O2. The first kappa shape index (κ1) is 28.8. The lowest BCUT2D eigenvalue weighted by Crippen LogP contribution is -2.33. The molecule has 4 heterocycles. The minimum absolute atomic E-state index is 0.404. The number of aliphatic imine (C=N–C) groups is 2. The van der Waals surface area contributed by atoms with Crippen molar-refractivity contribution < 1.29 is 8.83 Å². The molecule has 244 valence electrons. The second-order valence-electron chi connectivity index (χ2n) is 13.2. The van der Waals surface area contributed by atoms with Crippen LogP contribution in [-0.4, -0.2) is 16.7 Å². The van der Waals surface area contributed by atoms with Gasteiger partial charge in [0.15, 0.2) is 5.84 Å². The lowest BCUT2D eigenvalue weighted by Gasteiger charge is -2.25. The summed E-state index contributed by atoms with van der Waals surface area (Å²) in [4.78, 5) is 15.3. The van der Waals surface area contributed by atoms with Crippen molar-refractivity contribution in [1.29, 1.82) is 0 Å². The van der Waals surface area contributed by atoms with Crippen LogP contribution in [0.25, 0.3) is 76.8 Å². The Morgan fingerprint density at radius 3 is 2.08 bits per heavy atom. The molecule has 1 atom stereocenters. The van der Waals surface area contributed by atoms with E-state index in [4.69, 9.17) is 23.8 Å². The number of rotatable bonds is 4. The van der Waals surface area contributed by atoms with Gasteiger partial charge in [-0.1, -0.05) is 127 Å². The predicted molar refractivity (Wildman–Crippen MR) is 211 cm³/mol. The molecule has 11 rings (SSSR count). The molecule has 0 saturated carbocycles. The first-order valence-corrected chi connectivity index (χ1v) is 17.4. The number of fused-ring (bicyclic) bond motifs is 8. The molecule has 6 nitrogen and oxygen atoms in total. The van der Waals surface area contributed by atoms with Crippen LogP contribution in [0.2, 0.25) is 0 Å². The van der Waals surface area contributed by atoms with Gasteiger partial charge in [0.05, 0.1) is 5.52 Å². The number of hydrogen-bond donors (Lipinski definition) is 1. The van der Waals surface area contributed by atoms with Crippen molar-refractivity contribution in [2.45, 2.75) is 6.17 Å². The highest BCUT2D eigenvalue weighted by molar-refractivity contribution is 6.21. The molecule has 52 heavy (non-hydrogen) atoms. The van der Waals surface area contributed by atoms with Gasteiger partial charge in [-0.3, -0.25) is 0 Å². The van der Waals surface area contributed by atoms with E-state index in [1.165, 1.54) is 0 Å². The summed E-state index contributed by atoms with van der Waals surface area (Å²) in [6.07, 6.45) is -0.404. The summed E-state index contributed by atoms with van der Waals surface area (Å²) < 4.78 is 12.6. The van der Waals surface area contributed by atoms with Crippen LogP contribution >= 0.6 is 0 Å². The van der Waals surface area contributed by atoms with Crippen LogP contribution in [-0.2, 0) is 0 Å². The minimum Gasteiger partial charge on any atom is -0.456 e. The third kappa shape index (κ3) is 4.41. The molecule has 0 aliphatic carbocycles. The van der Waals surface area contributed by atoms with Crippen molar-refractivity contribution in [3.8, 4) is 11.1 Å². The van der Waals surface area contributed by atoms with Crippen LogP contribution in [0.3, 0.4) is 0 Å². The van der Waals surface area contributed by atoms with Crippen LogP contribution in [0.1, 0.15) is 22.9 Å². The minimum atomic E-state index is -0.404. The Bertz CT molecular complexity index is 3120. The molecule has 1 N–H and O–H groups in total. The topological polar surface area (TPSA) is 75.9 Å². The highest BCUT2D eigenvalue weighted by atomic mass is 16.3. The van der Waals surface area contributed by atoms with Gasteiger partial charge >= 0.3 is 0 Å². The van der Waals surface area contributed by atoms with E-state index >= 15 is 0 Å². The van der Waals surface area contributed by atoms with E-state index in [1.807, 2.05) is 72.8 Å². The zero-order chi connectivity index (χ0) is 34.2. The number of nitrogens with one attached hydrogen (secondary N) is 1. The molecular weight excluding hydrogens is 641 g/mol. The van der Waals surface area contributed by atoms with Gasteiger partial charge < -0.3 is 14.2 Å². The molecule has 1 unspecified atom stereocenters. The second kappa shape index (κ2) is 11.2. The number of aromatic nitrogens is 1. The average molecular weight is 669 g/mol. The van der Waals surface area contributed by atoms with E-state index < -0.39 is 6.17 Å². The van der Waals surface area contributed by atoms with Crippen LogP contribution in [0, 0.1) is 0 Å². The molecule has 0 saturated heterocycles. The third-order valence-electron chi connectivity index (χ3n) is 10.2. The summed E-state index contributed by atoms with van der Waals surface area (Å²) in [6, 6.07) is 54.1. The molecule has 0 radical (unpaired) electrons. The van der Waals surface area contributed by atoms with Gasteiger partial charge in [0.1, 0.15) is 28.8 Å². The molecule has 7 aromatic carbocycles. The zero-order valence-corrected chi connectivity index (χ0v) is 27.7. The van der Waals surface area contributed by atoms with Crippen molar-refractivity contribution in [3.05, 3.63) is 174 Å². The molecule has 6 heteroatoms. The number of pyridine rings is 1. The van der Waals surface area contributed by atoms with Crippen molar-refractivity contribution >= 4 is 77.4 Å². The molecule has 0 bridgehead atoms. The number of para-hydroxylation sites is 2. The number of hydrogen-bond acceptors (Lipinski definition) is 6. The Hall–Kier alpha value is -7.05. The number of benzene rings is 7. The predicted octanol–water partition coefficient (Wildman–Crippen LogP) is 11.3. The molecule has 1 aliphatic rings. The van der Waals surface area contributed by atoms with E-state index in [2.05, 4.69) is 90.2 Å². The first-order chi connectivity index (χ1) is 25.8. The summed E-state index contributed by atoms with van der Waals surface area (Å²) >= 11 is 0.